The summed E-state index contributed by atoms with van der Waals surface area (Å²) in [6.07, 6.45) is 15.2. The summed E-state index contributed by atoms with van der Waals surface area (Å²) < 4.78 is 2.87. The van der Waals surface area contributed by atoms with Crippen LogP contribution in [0, 0.1) is 11.8 Å². The third kappa shape index (κ3) is 3.53. The Labute approximate surface area is 149 Å². The summed E-state index contributed by atoms with van der Waals surface area (Å²) in [5.41, 5.74) is 0. The molecule has 2 saturated carbocycles. The lowest BCUT2D eigenvalue weighted by molar-refractivity contribution is -0.940. The molecular weight excluding hydrogens is 300 g/mol. The topological polar surface area (TPSA) is 60.0 Å². The second kappa shape index (κ2) is 7.61. The maximum atomic E-state index is 2.58. The zero-order valence-corrected chi connectivity index (χ0v) is 16.0. The van der Waals surface area contributed by atoms with Crippen LogP contribution in [0.1, 0.15) is 64.2 Å². The van der Waals surface area contributed by atoms with Crippen LogP contribution in [0.2, 0.25) is 0 Å². The molecule has 0 unspecified atom stereocenters. The average Bonchev–Trinajstić information content (AvgIpc) is 3.08. The highest BCUT2D eigenvalue weighted by Crippen LogP contribution is 2.50. The normalized spacial score (nSPS) is 40.2. The van der Waals surface area contributed by atoms with Crippen molar-refractivity contribution in [2.45, 2.75) is 76.3 Å². The Morgan fingerprint density at radius 1 is 0.500 bits per heavy atom. The molecule has 2 aliphatic carbocycles. The van der Waals surface area contributed by atoms with E-state index in [4.69, 9.17) is 0 Å². The van der Waals surface area contributed by atoms with Crippen molar-refractivity contribution in [1.29, 1.82) is 0 Å². The molecule has 4 rings (SSSR count). The van der Waals surface area contributed by atoms with Gasteiger partial charge in [-0.05, 0) is 50.4 Å². The molecule has 2 aliphatic heterocycles. The van der Waals surface area contributed by atoms with Crippen molar-refractivity contribution in [3.8, 4) is 0 Å². The van der Waals surface area contributed by atoms with Crippen LogP contribution in [-0.2, 0) is 0 Å². The van der Waals surface area contributed by atoms with Gasteiger partial charge >= 0.3 is 0 Å². The molecule has 24 heavy (non-hydrogen) atoms. The van der Waals surface area contributed by atoms with Gasteiger partial charge in [-0.3, -0.25) is 0 Å². The monoisotopic (exact) mass is 340 g/mol. The molecule has 4 aliphatic rings. The number of rotatable bonds is 2. The molecule has 0 aromatic rings. The number of piperidine rings is 2. The highest BCUT2D eigenvalue weighted by Gasteiger charge is 2.52. The fraction of sp³-hybridized carbons (Fsp3) is 1.00. The minimum absolute atomic E-state index is 0. The Morgan fingerprint density at radius 3 is 1.08 bits per heavy atom. The van der Waals surface area contributed by atoms with Crippen LogP contribution >= 0.6 is 0 Å². The quantitative estimate of drug-likeness (QED) is 0.723. The molecule has 0 aromatic heterocycles. The first-order chi connectivity index (χ1) is 10.6. The van der Waals surface area contributed by atoms with Crippen molar-refractivity contribution >= 4 is 0 Å². The third-order valence-corrected chi connectivity index (χ3v) is 8.40. The lowest BCUT2D eigenvalue weighted by Gasteiger charge is -2.45. The van der Waals surface area contributed by atoms with Gasteiger partial charge in [-0.1, -0.05) is 0 Å². The largest absolute Gasteiger partial charge is 0.870 e. The van der Waals surface area contributed by atoms with E-state index in [1.807, 2.05) is 0 Å². The first-order valence-electron chi connectivity index (χ1n) is 10.3. The molecule has 0 amide bonds. The van der Waals surface area contributed by atoms with Gasteiger partial charge in [0, 0.05) is 25.7 Å². The summed E-state index contributed by atoms with van der Waals surface area (Å²) >= 11 is 0. The van der Waals surface area contributed by atoms with E-state index >= 15 is 0 Å². The van der Waals surface area contributed by atoms with E-state index in [0.29, 0.717) is 0 Å². The summed E-state index contributed by atoms with van der Waals surface area (Å²) in [6, 6.07) is 2.03. The van der Waals surface area contributed by atoms with Crippen molar-refractivity contribution in [3.63, 3.8) is 0 Å². The molecule has 142 valence electrons. The molecule has 0 aromatic carbocycles. The second-order valence-corrected chi connectivity index (χ2v) is 9.75. The molecule has 0 atom stereocenters. The lowest BCUT2D eigenvalue weighted by atomic mass is 9.98. The van der Waals surface area contributed by atoms with Gasteiger partial charge < -0.3 is 19.9 Å². The molecule has 4 fully saturated rings. The summed E-state index contributed by atoms with van der Waals surface area (Å²) in [7, 11) is 5.17. The number of fused-ring (bicyclic) bond motifs is 1. The van der Waals surface area contributed by atoms with Gasteiger partial charge in [-0.2, -0.15) is 0 Å². The second-order valence-electron chi connectivity index (χ2n) is 9.75. The zero-order chi connectivity index (χ0) is 15.2. The Hall–Kier alpha value is -0.160. The van der Waals surface area contributed by atoms with Gasteiger partial charge in [-0.25, -0.2) is 0 Å². The first-order valence-corrected chi connectivity index (χ1v) is 10.3. The molecule has 0 bridgehead atoms. The summed E-state index contributed by atoms with van der Waals surface area (Å²) in [6.45, 7) is 5.89. The molecule has 4 heteroatoms. The predicted octanol–water partition coefficient (Wildman–Crippen LogP) is 3.45. The highest BCUT2D eigenvalue weighted by molar-refractivity contribution is 4.93. The molecule has 0 spiro atoms. The van der Waals surface area contributed by atoms with Crippen molar-refractivity contribution < 1.29 is 19.9 Å². The SMILES string of the molecule is C[N+]1(C2CC3CC([N+]4(C)CCCCC4)CC3C2)CCCCC1.[OH-].[OH-]. The first kappa shape index (κ1) is 20.2. The van der Waals surface area contributed by atoms with Gasteiger partial charge in [-0.15, -0.1) is 0 Å². The van der Waals surface area contributed by atoms with E-state index in [9.17, 15) is 0 Å². The Kier molecular flexibility index (Phi) is 6.39. The molecular formula is C20H40N2O2. The van der Waals surface area contributed by atoms with Crippen LogP contribution in [0.5, 0.6) is 0 Å². The van der Waals surface area contributed by atoms with E-state index < -0.39 is 0 Å². The van der Waals surface area contributed by atoms with Crippen LogP contribution in [0.25, 0.3) is 0 Å². The standard InChI is InChI=1S/C20H38N2.2H2O/c1-21(9-5-3-6-10-21)19-13-17-15-20(16-18(17)14-19)22(2)11-7-4-8-12-22;;/h17-20H,3-16H2,1-2H3;2*1H2/q+2;;/p-2. The molecule has 4 nitrogen and oxygen atoms in total. The van der Waals surface area contributed by atoms with E-state index in [2.05, 4.69) is 14.1 Å². The van der Waals surface area contributed by atoms with Crippen molar-refractivity contribution in [2.24, 2.45) is 11.8 Å². The van der Waals surface area contributed by atoms with Crippen LogP contribution in [0.15, 0.2) is 0 Å². The fourth-order valence-electron chi connectivity index (χ4n) is 6.77. The summed E-state index contributed by atoms with van der Waals surface area (Å²) in [5.74, 6) is 2.17. The van der Waals surface area contributed by atoms with Gasteiger partial charge in [0.25, 0.3) is 0 Å². The van der Waals surface area contributed by atoms with Gasteiger partial charge in [0.15, 0.2) is 0 Å². The molecule has 2 N–H and O–H groups in total. The molecule has 0 radical (unpaired) electrons. The maximum Gasteiger partial charge on any atom is 0.0893 e. The van der Waals surface area contributed by atoms with Crippen molar-refractivity contribution in [2.75, 3.05) is 40.3 Å². The van der Waals surface area contributed by atoms with Crippen LogP contribution in [-0.4, -0.2) is 72.3 Å². The van der Waals surface area contributed by atoms with E-state index in [-0.39, 0.29) is 11.0 Å². The Balaban J connectivity index is 0.00000104. The number of likely N-dealkylation sites (tertiary alicyclic amines) is 2. The molecule has 2 heterocycles. The predicted molar refractivity (Wildman–Crippen MR) is 96.4 cm³/mol. The Bertz CT molecular complexity index is 352. The minimum atomic E-state index is 0. The van der Waals surface area contributed by atoms with Crippen molar-refractivity contribution in [1.82, 2.24) is 0 Å². The van der Waals surface area contributed by atoms with Crippen LogP contribution in [0.4, 0.5) is 0 Å². The number of nitrogens with zero attached hydrogens (tertiary/aromatic N) is 2. The third-order valence-electron chi connectivity index (χ3n) is 8.40. The molecule has 2 saturated heterocycles. The fourth-order valence-corrected chi connectivity index (χ4v) is 6.77. The minimum Gasteiger partial charge on any atom is -0.870 e. The smallest absolute Gasteiger partial charge is 0.0893 e. The van der Waals surface area contributed by atoms with Crippen LogP contribution < -0.4 is 0 Å². The highest BCUT2D eigenvalue weighted by atomic mass is 16.0. The Morgan fingerprint density at radius 2 is 0.792 bits per heavy atom. The van der Waals surface area contributed by atoms with E-state index in [1.165, 1.54) is 73.7 Å². The number of hydrogen-bond donors (Lipinski definition) is 0. The zero-order valence-electron chi connectivity index (χ0n) is 16.0. The van der Waals surface area contributed by atoms with Gasteiger partial charge in [0.05, 0.1) is 52.4 Å². The number of quaternary nitrogens is 2. The summed E-state index contributed by atoms with van der Waals surface area (Å²) in [4.78, 5) is 0. The number of hydrogen-bond acceptors (Lipinski definition) is 2. The van der Waals surface area contributed by atoms with Crippen molar-refractivity contribution in [3.05, 3.63) is 0 Å². The van der Waals surface area contributed by atoms with Crippen LogP contribution in [0.3, 0.4) is 0 Å². The van der Waals surface area contributed by atoms with Gasteiger partial charge in [0.1, 0.15) is 0 Å². The lowest BCUT2D eigenvalue weighted by Crippen LogP contribution is -2.55. The van der Waals surface area contributed by atoms with E-state index in [1.54, 1.807) is 25.7 Å². The summed E-state index contributed by atoms with van der Waals surface area (Å²) in [5, 5.41) is 0. The van der Waals surface area contributed by atoms with E-state index in [0.717, 1.165) is 23.9 Å². The maximum absolute atomic E-state index is 2.58. The average molecular weight is 341 g/mol. The van der Waals surface area contributed by atoms with Gasteiger partial charge in [0.2, 0.25) is 0 Å².